The van der Waals surface area contributed by atoms with Crippen LogP contribution < -0.4 is 5.73 Å². The van der Waals surface area contributed by atoms with Crippen molar-refractivity contribution in [3.8, 4) is 0 Å². The molecule has 0 spiro atoms. The van der Waals surface area contributed by atoms with Crippen LogP contribution in [0, 0.1) is 0 Å². The van der Waals surface area contributed by atoms with Gasteiger partial charge in [0, 0.05) is 34.6 Å². The smallest absolute Gasteiger partial charge is 0.0511 e. The van der Waals surface area contributed by atoms with Crippen LogP contribution >= 0.6 is 27.7 Å². The molecule has 1 aromatic rings. The zero-order valence-electron chi connectivity index (χ0n) is 11.0. The van der Waals surface area contributed by atoms with Crippen LogP contribution in [0.25, 0.3) is 0 Å². The van der Waals surface area contributed by atoms with Gasteiger partial charge < -0.3 is 5.73 Å². The molecule has 0 aromatic heterocycles. The van der Waals surface area contributed by atoms with Gasteiger partial charge >= 0.3 is 0 Å². The standard InChI is InChI=1S/C14H21BrN2S/c1-10-9-18-8-7-17(10)14(11(2)16)12-5-3-4-6-13(12)15/h3-6,10-11,14H,7-9,16H2,1-2H3. The van der Waals surface area contributed by atoms with Crippen molar-refractivity contribution in [2.75, 3.05) is 18.1 Å². The number of halogens is 1. The van der Waals surface area contributed by atoms with E-state index < -0.39 is 0 Å². The topological polar surface area (TPSA) is 29.3 Å². The summed E-state index contributed by atoms with van der Waals surface area (Å²) in [7, 11) is 0. The second-order valence-electron chi connectivity index (χ2n) is 4.99. The molecule has 2 rings (SSSR count). The number of thioether (sulfide) groups is 1. The van der Waals surface area contributed by atoms with Gasteiger partial charge in [-0.3, -0.25) is 4.90 Å². The lowest BCUT2D eigenvalue weighted by molar-refractivity contribution is 0.143. The van der Waals surface area contributed by atoms with Crippen LogP contribution in [0.2, 0.25) is 0 Å². The highest BCUT2D eigenvalue weighted by atomic mass is 79.9. The molecule has 1 aromatic carbocycles. The van der Waals surface area contributed by atoms with E-state index in [0.29, 0.717) is 12.1 Å². The summed E-state index contributed by atoms with van der Waals surface area (Å²) >= 11 is 5.71. The van der Waals surface area contributed by atoms with Crippen LogP contribution in [-0.2, 0) is 0 Å². The molecule has 2 N–H and O–H groups in total. The third kappa shape index (κ3) is 3.10. The fourth-order valence-electron chi connectivity index (χ4n) is 2.63. The molecular weight excluding hydrogens is 308 g/mol. The first-order chi connectivity index (χ1) is 8.61. The lowest BCUT2D eigenvalue weighted by Gasteiger charge is -2.41. The number of nitrogens with two attached hydrogens (primary N) is 1. The van der Waals surface area contributed by atoms with Gasteiger partial charge in [-0.25, -0.2) is 0 Å². The van der Waals surface area contributed by atoms with Crippen LogP contribution in [0.15, 0.2) is 28.7 Å². The van der Waals surface area contributed by atoms with Crippen LogP contribution in [0.3, 0.4) is 0 Å². The largest absolute Gasteiger partial charge is 0.326 e. The lowest BCUT2D eigenvalue weighted by atomic mass is 9.98. The Balaban J connectivity index is 2.31. The van der Waals surface area contributed by atoms with Gasteiger partial charge in [0.2, 0.25) is 0 Å². The zero-order chi connectivity index (χ0) is 13.1. The summed E-state index contributed by atoms with van der Waals surface area (Å²) < 4.78 is 1.16. The first kappa shape index (κ1) is 14.4. The first-order valence-electron chi connectivity index (χ1n) is 6.44. The van der Waals surface area contributed by atoms with E-state index in [9.17, 15) is 0 Å². The molecule has 4 heteroatoms. The molecule has 1 aliphatic rings. The van der Waals surface area contributed by atoms with E-state index in [0.717, 1.165) is 11.0 Å². The molecule has 2 nitrogen and oxygen atoms in total. The van der Waals surface area contributed by atoms with Crippen LogP contribution in [0.5, 0.6) is 0 Å². The quantitative estimate of drug-likeness (QED) is 0.923. The highest BCUT2D eigenvalue weighted by molar-refractivity contribution is 9.10. The van der Waals surface area contributed by atoms with E-state index in [2.05, 4.69) is 58.9 Å². The number of nitrogens with zero attached hydrogens (tertiary/aromatic N) is 1. The Labute approximate surface area is 122 Å². The zero-order valence-corrected chi connectivity index (χ0v) is 13.4. The highest BCUT2D eigenvalue weighted by Gasteiger charge is 2.30. The van der Waals surface area contributed by atoms with Gasteiger partial charge in [-0.1, -0.05) is 34.1 Å². The van der Waals surface area contributed by atoms with Gasteiger partial charge in [0.05, 0.1) is 6.04 Å². The fourth-order valence-corrected chi connectivity index (χ4v) is 4.19. The van der Waals surface area contributed by atoms with Crippen molar-refractivity contribution in [1.29, 1.82) is 0 Å². The van der Waals surface area contributed by atoms with E-state index in [1.54, 1.807) is 0 Å². The Kier molecular flexibility index (Phi) is 5.13. The Morgan fingerprint density at radius 3 is 2.78 bits per heavy atom. The molecule has 3 atom stereocenters. The van der Waals surface area contributed by atoms with Crippen molar-refractivity contribution in [3.05, 3.63) is 34.3 Å². The van der Waals surface area contributed by atoms with Crippen LogP contribution in [0.1, 0.15) is 25.5 Å². The third-order valence-corrected chi connectivity index (χ3v) is 5.41. The van der Waals surface area contributed by atoms with Gasteiger partial charge in [-0.2, -0.15) is 11.8 Å². The minimum Gasteiger partial charge on any atom is -0.326 e. The van der Waals surface area contributed by atoms with Crippen molar-refractivity contribution in [2.24, 2.45) is 5.73 Å². The molecule has 0 amide bonds. The number of rotatable bonds is 3. The molecule has 100 valence electrons. The summed E-state index contributed by atoms with van der Waals surface area (Å²) in [6.07, 6.45) is 0. The maximum absolute atomic E-state index is 6.26. The van der Waals surface area contributed by atoms with Crippen LogP contribution in [0.4, 0.5) is 0 Å². The molecule has 0 saturated carbocycles. The maximum atomic E-state index is 6.26. The van der Waals surface area contributed by atoms with Crippen molar-refractivity contribution in [2.45, 2.75) is 32.0 Å². The van der Waals surface area contributed by atoms with E-state index >= 15 is 0 Å². The Hall–Kier alpha value is -0.0300. The molecule has 1 fully saturated rings. The monoisotopic (exact) mass is 328 g/mol. The Morgan fingerprint density at radius 1 is 1.44 bits per heavy atom. The molecule has 3 unspecified atom stereocenters. The molecule has 1 heterocycles. The van der Waals surface area contributed by atoms with Crippen LogP contribution in [-0.4, -0.2) is 35.0 Å². The maximum Gasteiger partial charge on any atom is 0.0511 e. The predicted molar refractivity (Wildman–Crippen MR) is 84.0 cm³/mol. The van der Waals surface area contributed by atoms with E-state index in [4.69, 9.17) is 5.73 Å². The summed E-state index contributed by atoms with van der Waals surface area (Å²) in [5, 5.41) is 0. The molecule has 0 radical (unpaired) electrons. The predicted octanol–water partition coefficient (Wildman–Crippen LogP) is 3.27. The molecular formula is C14H21BrN2S. The average Bonchev–Trinajstić information content (AvgIpc) is 2.34. The van der Waals surface area contributed by atoms with Crippen molar-refractivity contribution in [3.63, 3.8) is 0 Å². The summed E-state index contributed by atoms with van der Waals surface area (Å²) in [6, 6.07) is 9.47. The van der Waals surface area contributed by atoms with Gasteiger partial charge in [0.1, 0.15) is 0 Å². The SMILES string of the molecule is CC(N)C(c1ccccc1Br)N1CCSCC1C. The highest BCUT2D eigenvalue weighted by Crippen LogP contribution is 2.33. The third-order valence-electron chi connectivity index (χ3n) is 3.50. The molecule has 18 heavy (non-hydrogen) atoms. The van der Waals surface area contributed by atoms with E-state index in [1.807, 2.05) is 11.8 Å². The molecule has 1 aliphatic heterocycles. The summed E-state index contributed by atoms with van der Waals surface area (Å²) in [4.78, 5) is 2.56. The average molecular weight is 329 g/mol. The van der Waals surface area contributed by atoms with Crippen molar-refractivity contribution in [1.82, 2.24) is 4.90 Å². The van der Waals surface area contributed by atoms with Crippen molar-refractivity contribution >= 4 is 27.7 Å². The number of benzene rings is 1. The second kappa shape index (κ2) is 6.42. The molecule has 1 saturated heterocycles. The molecule has 0 aliphatic carbocycles. The summed E-state index contributed by atoms with van der Waals surface area (Å²) in [6.45, 7) is 5.54. The first-order valence-corrected chi connectivity index (χ1v) is 8.39. The number of hydrogen-bond acceptors (Lipinski definition) is 3. The second-order valence-corrected chi connectivity index (χ2v) is 6.99. The van der Waals surface area contributed by atoms with Gasteiger partial charge in [-0.15, -0.1) is 0 Å². The summed E-state index contributed by atoms with van der Waals surface area (Å²) in [5.41, 5.74) is 7.57. The van der Waals surface area contributed by atoms with Gasteiger partial charge in [0.15, 0.2) is 0 Å². The lowest BCUT2D eigenvalue weighted by Crippen LogP contribution is -2.48. The summed E-state index contributed by atoms with van der Waals surface area (Å²) in [5.74, 6) is 2.41. The van der Waals surface area contributed by atoms with E-state index in [1.165, 1.54) is 17.1 Å². The minimum absolute atomic E-state index is 0.134. The Morgan fingerprint density at radius 2 is 2.17 bits per heavy atom. The minimum atomic E-state index is 0.134. The Bertz CT molecular complexity index is 397. The normalized spacial score (nSPS) is 24.8. The molecule has 0 bridgehead atoms. The fraction of sp³-hybridized carbons (Fsp3) is 0.571. The number of hydrogen-bond donors (Lipinski definition) is 1. The van der Waals surface area contributed by atoms with E-state index in [-0.39, 0.29) is 6.04 Å². The van der Waals surface area contributed by atoms with Gasteiger partial charge in [-0.05, 0) is 25.5 Å². The van der Waals surface area contributed by atoms with Crippen molar-refractivity contribution < 1.29 is 0 Å². The van der Waals surface area contributed by atoms with Gasteiger partial charge in [0.25, 0.3) is 0 Å².